The molecule has 4 nitrogen and oxygen atoms in total. The SMILES string of the molecule is Cc1cccc(-c2nc(-c3ccccc3)nc(-c3cccc(-c4ccc5sc6cc7c8cccc9c%10ccccc%10n(c7cc6c5c4)c98)c3)n2)c1. The monoisotopic (exact) mass is 668 g/mol. The molecule has 0 amide bonds. The van der Waals surface area contributed by atoms with Gasteiger partial charge in [-0.15, -0.1) is 11.3 Å². The van der Waals surface area contributed by atoms with E-state index in [0.717, 1.165) is 27.8 Å². The first-order chi connectivity index (χ1) is 25.2. The molecule has 0 radical (unpaired) electrons. The van der Waals surface area contributed by atoms with E-state index in [4.69, 9.17) is 15.0 Å². The van der Waals surface area contributed by atoms with Crippen molar-refractivity contribution in [2.24, 2.45) is 0 Å². The molecule has 0 bridgehead atoms. The lowest BCUT2D eigenvalue weighted by molar-refractivity contribution is 1.07. The van der Waals surface area contributed by atoms with Crippen molar-refractivity contribution in [3.63, 3.8) is 0 Å². The summed E-state index contributed by atoms with van der Waals surface area (Å²) in [5.41, 5.74) is 10.2. The van der Waals surface area contributed by atoms with Gasteiger partial charge in [-0.25, -0.2) is 15.0 Å². The lowest BCUT2D eigenvalue weighted by Gasteiger charge is -2.10. The van der Waals surface area contributed by atoms with Gasteiger partial charge in [0.25, 0.3) is 0 Å². The molecule has 51 heavy (non-hydrogen) atoms. The summed E-state index contributed by atoms with van der Waals surface area (Å²) < 4.78 is 5.07. The number of para-hydroxylation sites is 2. The highest BCUT2D eigenvalue weighted by Crippen LogP contribution is 2.44. The largest absolute Gasteiger partial charge is 0.308 e. The minimum Gasteiger partial charge on any atom is -0.308 e. The van der Waals surface area contributed by atoms with Crippen LogP contribution in [0.1, 0.15) is 5.56 Å². The van der Waals surface area contributed by atoms with E-state index < -0.39 is 0 Å². The minimum absolute atomic E-state index is 0.657. The Hall–Kier alpha value is -6.43. The first-order valence-electron chi connectivity index (χ1n) is 17.2. The van der Waals surface area contributed by atoms with Gasteiger partial charge in [-0.1, -0.05) is 115 Å². The summed E-state index contributed by atoms with van der Waals surface area (Å²) in [6.45, 7) is 2.09. The second-order valence-electron chi connectivity index (χ2n) is 13.4. The van der Waals surface area contributed by atoms with Crippen molar-refractivity contribution in [2.45, 2.75) is 6.92 Å². The average Bonchev–Trinajstić information content (AvgIpc) is 3.83. The maximum absolute atomic E-state index is 5.02. The van der Waals surface area contributed by atoms with Crippen LogP contribution in [0.5, 0.6) is 0 Å². The van der Waals surface area contributed by atoms with Crippen LogP contribution in [0.25, 0.3) is 104 Å². The number of hydrogen-bond acceptors (Lipinski definition) is 4. The first kappa shape index (κ1) is 28.4. The Balaban J connectivity index is 1.07. The number of thiophene rings is 1. The number of aromatic nitrogens is 4. The van der Waals surface area contributed by atoms with Crippen molar-refractivity contribution >= 4 is 69.6 Å². The topological polar surface area (TPSA) is 43.1 Å². The van der Waals surface area contributed by atoms with E-state index in [9.17, 15) is 0 Å². The summed E-state index contributed by atoms with van der Waals surface area (Å²) >= 11 is 1.87. The van der Waals surface area contributed by atoms with Crippen molar-refractivity contribution in [1.82, 2.24) is 19.4 Å². The van der Waals surface area contributed by atoms with Gasteiger partial charge >= 0.3 is 0 Å². The molecule has 0 spiro atoms. The summed E-state index contributed by atoms with van der Waals surface area (Å²) in [6, 6.07) is 54.2. The Morgan fingerprint density at radius 3 is 1.82 bits per heavy atom. The van der Waals surface area contributed by atoms with Crippen LogP contribution in [0.4, 0.5) is 0 Å². The Kier molecular flexibility index (Phi) is 6.01. The molecule has 5 heteroatoms. The molecule has 4 aromatic heterocycles. The molecule has 4 heterocycles. The van der Waals surface area contributed by atoms with Crippen molar-refractivity contribution in [1.29, 1.82) is 0 Å². The van der Waals surface area contributed by atoms with E-state index in [2.05, 4.69) is 133 Å². The van der Waals surface area contributed by atoms with Gasteiger partial charge in [-0.2, -0.15) is 0 Å². The van der Waals surface area contributed by atoms with Crippen LogP contribution in [0.15, 0.2) is 152 Å². The van der Waals surface area contributed by atoms with Gasteiger partial charge in [0, 0.05) is 58.4 Å². The van der Waals surface area contributed by atoms with Crippen LogP contribution >= 0.6 is 11.3 Å². The van der Waals surface area contributed by atoms with Crippen LogP contribution in [0, 0.1) is 6.92 Å². The third kappa shape index (κ3) is 4.35. The Labute approximate surface area is 297 Å². The summed E-state index contributed by atoms with van der Waals surface area (Å²) in [4.78, 5) is 14.9. The molecule has 0 aliphatic rings. The highest BCUT2D eigenvalue weighted by Gasteiger charge is 2.19. The maximum Gasteiger partial charge on any atom is 0.164 e. The Morgan fingerprint density at radius 2 is 1.00 bits per heavy atom. The van der Waals surface area contributed by atoms with Gasteiger partial charge in [0.1, 0.15) is 0 Å². The average molecular weight is 669 g/mol. The van der Waals surface area contributed by atoms with Gasteiger partial charge in [-0.3, -0.25) is 0 Å². The fourth-order valence-corrected chi connectivity index (χ4v) is 8.96. The number of rotatable bonds is 4. The summed E-state index contributed by atoms with van der Waals surface area (Å²) in [6.07, 6.45) is 0. The lowest BCUT2D eigenvalue weighted by Crippen LogP contribution is -2.00. The van der Waals surface area contributed by atoms with E-state index >= 15 is 0 Å². The number of hydrogen-bond donors (Lipinski definition) is 0. The van der Waals surface area contributed by atoms with E-state index in [1.165, 1.54) is 63.8 Å². The van der Waals surface area contributed by atoms with E-state index in [0.29, 0.717) is 17.5 Å². The molecule has 11 aromatic rings. The zero-order valence-electron chi connectivity index (χ0n) is 27.6. The lowest BCUT2D eigenvalue weighted by atomic mass is 10.00. The van der Waals surface area contributed by atoms with Crippen LogP contribution in [-0.4, -0.2) is 19.4 Å². The summed E-state index contributed by atoms with van der Waals surface area (Å²) in [5.74, 6) is 1.99. The molecule has 238 valence electrons. The quantitative estimate of drug-likeness (QED) is 0.187. The van der Waals surface area contributed by atoms with E-state index in [-0.39, 0.29) is 0 Å². The highest BCUT2D eigenvalue weighted by molar-refractivity contribution is 7.25. The van der Waals surface area contributed by atoms with Gasteiger partial charge in [0.2, 0.25) is 0 Å². The van der Waals surface area contributed by atoms with Crippen molar-refractivity contribution in [3.8, 4) is 45.3 Å². The molecule has 0 aliphatic heterocycles. The second kappa shape index (κ2) is 10.8. The number of benzene rings is 7. The molecular weight excluding hydrogens is 641 g/mol. The third-order valence-corrected chi connectivity index (χ3v) is 11.3. The zero-order chi connectivity index (χ0) is 33.6. The predicted octanol–water partition coefficient (Wildman–Crippen LogP) is 12.4. The van der Waals surface area contributed by atoms with E-state index in [1.54, 1.807) is 0 Å². The number of fused-ring (bicyclic) bond motifs is 9. The van der Waals surface area contributed by atoms with Crippen LogP contribution in [-0.2, 0) is 0 Å². The fraction of sp³-hybridized carbons (Fsp3) is 0.0217. The van der Waals surface area contributed by atoms with Crippen LogP contribution in [0.3, 0.4) is 0 Å². The van der Waals surface area contributed by atoms with Gasteiger partial charge in [0.15, 0.2) is 17.5 Å². The normalized spacial score (nSPS) is 12.0. The summed E-state index contributed by atoms with van der Waals surface area (Å²) in [7, 11) is 0. The van der Waals surface area contributed by atoms with E-state index in [1.807, 2.05) is 41.7 Å². The van der Waals surface area contributed by atoms with Crippen molar-refractivity contribution < 1.29 is 0 Å². The molecule has 0 saturated heterocycles. The Morgan fingerprint density at radius 1 is 0.392 bits per heavy atom. The molecule has 11 rings (SSSR count). The van der Waals surface area contributed by atoms with Crippen molar-refractivity contribution in [3.05, 3.63) is 157 Å². The second-order valence-corrected chi connectivity index (χ2v) is 14.4. The van der Waals surface area contributed by atoms with Crippen LogP contribution in [0.2, 0.25) is 0 Å². The third-order valence-electron chi connectivity index (χ3n) is 10.2. The number of aryl methyl sites for hydroxylation is 1. The van der Waals surface area contributed by atoms with Gasteiger partial charge < -0.3 is 4.40 Å². The summed E-state index contributed by atoms with van der Waals surface area (Å²) in [5, 5.41) is 7.81. The smallest absolute Gasteiger partial charge is 0.164 e. The molecule has 0 atom stereocenters. The molecule has 7 aromatic carbocycles. The first-order valence-corrected chi connectivity index (χ1v) is 18.0. The molecule has 0 aliphatic carbocycles. The molecular formula is C46H28N4S. The number of nitrogens with zero attached hydrogens (tertiary/aromatic N) is 4. The standard InChI is InChI=1S/C46H28N4S/c1-27-10-7-14-31(22-27)45-47-44(28-11-3-2-4-12-28)48-46(49-45)32-15-8-13-29(23-32)30-20-21-41-37(24-30)38-25-40-36(26-42(38)51-41)35-18-9-17-34-33-16-5-6-19-39(33)50(40)43(34)35/h2-26H,1H3. The maximum atomic E-state index is 5.02. The Bertz CT molecular complexity index is 3150. The van der Waals surface area contributed by atoms with Gasteiger partial charge in [0.05, 0.1) is 16.6 Å². The predicted molar refractivity (Wildman–Crippen MR) is 214 cm³/mol. The fourth-order valence-electron chi connectivity index (χ4n) is 7.85. The van der Waals surface area contributed by atoms with Crippen molar-refractivity contribution in [2.75, 3.05) is 0 Å². The molecule has 0 fully saturated rings. The molecule has 0 N–H and O–H groups in total. The van der Waals surface area contributed by atoms with Crippen LogP contribution < -0.4 is 0 Å². The molecule has 0 saturated carbocycles. The molecule has 0 unspecified atom stereocenters. The van der Waals surface area contributed by atoms with Gasteiger partial charge in [-0.05, 0) is 60.5 Å². The zero-order valence-corrected chi connectivity index (χ0v) is 28.4. The minimum atomic E-state index is 0.657. The highest BCUT2D eigenvalue weighted by atomic mass is 32.1.